The first kappa shape index (κ1) is 13.7. The second-order valence-electron chi connectivity index (χ2n) is 4.44. The molecule has 7 heteroatoms. The SMILES string of the molecule is CCCCc1noc(Cn2cc(CCCO)nn2)n1. The maximum Gasteiger partial charge on any atom is 0.248 e. The van der Waals surface area contributed by atoms with Gasteiger partial charge in [-0.1, -0.05) is 23.7 Å². The van der Waals surface area contributed by atoms with Gasteiger partial charge < -0.3 is 9.63 Å². The van der Waals surface area contributed by atoms with Crippen LogP contribution in [0.4, 0.5) is 0 Å². The first-order valence-corrected chi connectivity index (χ1v) is 6.63. The van der Waals surface area contributed by atoms with E-state index in [1.807, 2.05) is 6.20 Å². The average molecular weight is 265 g/mol. The Morgan fingerprint density at radius 2 is 2.21 bits per heavy atom. The summed E-state index contributed by atoms with van der Waals surface area (Å²) in [6.45, 7) is 2.73. The summed E-state index contributed by atoms with van der Waals surface area (Å²) in [4.78, 5) is 4.31. The van der Waals surface area contributed by atoms with Gasteiger partial charge in [-0.3, -0.25) is 0 Å². The molecule has 7 nitrogen and oxygen atoms in total. The van der Waals surface area contributed by atoms with E-state index in [1.54, 1.807) is 4.68 Å². The van der Waals surface area contributed by atoms with Crippen LogP contribution in [0.25, 0.3) is 0 Å². The number of aromatic nitrogens is 5. The third-order valence-corrected chi connectivity index (χ3v) is 2.74. The largest absolute Gasteiger partial charge is 0.396 e. The zero-order chi connectivity index (χ0) is 13.5. The molecule has 0 fully saturated rings. The van der Waals surface area contributed by atoms with E-state index in [0.717, 1.165) is 37.2 Å². The number of aryl methyl sites for hydroxylation is 2. The number of rotatable bonds is 8. The number of nitrogens with zero attached hydrogens (tertiary/aromatic N) is 5. The Hall–Kier alpha value is -1.76. The van der Waals surface area contributed by atoms with Crippen LogP contribution in [0.5, 0.6) is 0 Å². The van der Waals surface area contributed by atoms with Crippen molar-refractivity contribution in [3.05, 3.63) is 23.6 Å². The van der Waals surface area contributed by atoms with Crippen molar-refractivity contribution in [2.45, 2.75) is 45.6 Å². The Morgan fingerprint density at radius 3 is 3.00 bits per heavy atom. The molecule has 104 valence electrons. The summed E-state index contributed by atoms with van der Waals surface area (Å²) in [5.74, 6) is 1.29. The number of hydrogen-bond acceptors (Lipinski definition) is 6. The summed E-state index contributed by atoms with van der Waals surface area (Å²) in [5, 5.41) is 20.7. The summed E-state index contributed by atoms with van der Waals surface area (Å²) in [7, 11) is 0. The van der Waals surface area contributed by atoms with Crippen LogP contribution in [0.15, 0.2) is 10.7 Å². The molecule has 0 aliphatic heterocycles. The Bertz CT molecular complexity index is 450. The van der Waals surface area contributed by atoms with Gasteiger partial charge in [0.1, 0.15) is 6.54 Å². The van der Waals surface area contributed by atoms with Crippen LogP contribution < -0.4 is 0 Å². The minimum absolute atomic E-state index is 0.164. The van der Waals surface area contributed by atoms with Crippen molar-refractivity contribution in [3.8, 4) is 0 Å². The predicted molar refractivity (Wildman–Crippen MR) is 67.4 cm³/mol. The second-order valence-corrected chi connectivity index (χ2v) is 4.44. The summed E-state index contributed by atoms with van der Waals surface area (Å²) < 4.78 is 6.84. The normalized spacial score (nSPS) is 11.1. The Morgan fingerprint density at radius 1 is 1.32 bits per heavy atom. The number of aliphatic hydroxyl groups is 1. The highest BCUT2D eigenvalue weighted by Crippen LogP contribution is 2.04. The van der Waals surface area contributed by atoms with Crippen molar-refractivity contribution in [2.75, 3.05) is 6.61 Å². The predicted octanol–water partition coefficient (Wildman–Crippen LogP) is 0.977. The maximum atomic E-state index is 8.75. The fourth-order valence-electron chi connectivity index (χ4n) is 1.72. The van der Waals surface area contributed by atoms with Crippen LogP contribution in [0.3, 0.4) is 0 Å². The lowest BCUT2D eigenvalue weighted by Gasteiger charge is -1.93. The molecule has 19 heavy (non-hydrogen) atoms. The van der Waals surface area contributed by atoms with E-state index in [4.69, 9.17) is 9.63 Å². The molecular weight excluding hydrogens is 246 g/mol. The van der Waals surface area contributed by atoms with Crippen molar-refractivity contribution >= 4 is 0 Å². The van der Waals surface area contributed by atoms with Gasteiger partial charge in [0.2, 0.25) is 5.89 Å². The summed E-state index contributed by atoms with van der Waals surface area (Å²) >= 11 is 0. The van der Waals surface area contributed by atoms with Gasteiger partial charge >= 0.3 is 0 Å². The van der Waals surface area contributed by atoms with Gasteiger partial charge in [0.15, 0.2) is 5.82 Å². The number of aliphatic hydroxyl groups excluding tert-OH is 1. The lowest BCUT2D eigenvalue weighted by Crippen LogP contribution is -2.01. The number of unbranched alkanes of at least 4 members (excludes halogenated alkanes) is 1. The molecule has 0 radical (unpaired) electrons. The highest BCUT2D eigenvalue weighted by Gasteiger charge is 2.08. The number of hydrogen-bond donors (Lipinski definition) is 1. The van der Waals surface area contributed by atoms with Crippen molar-refractivity contribution in [3.63, 3.8) is 0 Å². The summed E-state index contributed by atoms with van der Waals surface area (Å²) in [6, 6.07) is 0. The monoisotopic (exact) mass is 265 g/mol. The third-order valence-electron chi connectivity index (χ3n) is 2.74. The first-order chi connectivity index (χ1) is 9.31. The molecular formula is C12H19N5O2. The van der Waals surface area contributed by atoms with Gasteiger partial charge in [-0.05, 0) is 19.3 Å². The molecule has 2 heterocycles. The highest BCUT2D eigenvalue weighted by atomic mass is 16.5. The lowest BCUT2D eigenvalue weighted by atomic mass is 10.2. The third kappa shape index (κ3) is 4.13. The Balaban J connectivity index is 1.89. The molecule has 0 spiro atoms. The van der Waals surface area contributed by atoms with Gasteiger partial charge in [0.05, 0.1) is 5.69 Å². The average Bonchev–Trinajstić information content (AvgIpc) is 3.04. The summed E-state index contributed by atoms with van der Waals surface area (Å²) in [5.41, 5.74) is 0.861. The molecule has 0 atom stereocenters. The zero-order valence-corrected chi connectivity index (χ0v) is 11.1. The van der Waals surface area contributed by atoms with E-state index in [2.05, 4.69) is 27.4 Å². The first-order valence-electron chi connectivity index (χ1n) is 6.63. The van der Waals surface area contributed by atoms with Gasteiger partial charge in [-0.2, -0.15) is 4.98 Å². The Labute approximate surface area is 111 Å². The van der Waals surface area contributed by atoms with Crippen LogP contribution >= 0.6 is 0 Å². The smallest absolute Gasteiger partial charge is 0.248 e. The standard InChI is InChI=1S/C12H19N5O2/c1-2-3-6-11-13-12(19-15-11)9-17-8-10(14-16-17)5-4-7-18/h8,18H,2-7,9H2,1H3. The molecule has 0 saturated carbocycles. The molecule has 0 aliphatic rings. The molecule has 2 rings (SSSR count). The topological polar surface area (TPSA) is 89.9 Å². The van der Waals surface area contributed by atoms with Crippen LogP contribution in [-0.4, -0.2) is 36.8 Å². The highest BCUT2D eigenvalue weighted by molar-refractivity contribution is 4.94. The van der Waals surface area contributed by atoms with Crippen LogP contribution in [0.1, 0.15) is 43.6 Å². The Kier molecular flexibility index (Phi) is 5.02. The van der Waals surface area contributed by atoms with Gasteiger partial charge in [-0.15, -0.1) is 5.10 Å². The van der Waals surface area contributed by atoms with Gasteiger partial charge in [0, 0.05) is 19.2 Å². The lowest BCUT2D eigenvalue weighted by molar-refractivity contribution is 0.288. The van der Waals surface area contributed by atoms with E-state index in [-0.39, 0.29) is 6.61 Å². The molecule has 2 aromatic rings. The quantitative estimate of drug-likeness (QED) is 0.765. The van der Waals surface area contributed by atoms with E-state index in [0.29, 0.717) is 18.9 Å². The maximum absolute atomic E-state index is 8.75. The summed E-state index contributed by atoms with van der Waals surface area (Å²) in [6.07, 6.45) is 6.28. The molecule has 0 bridgehead atoms. The van der Waals surface area contributed by atoms with Crippen molar-refractivity contribution in [1.82, 2.24) is 25.1 Å². The molecule has 1 N–H and O–H groups in total. The minimum Gasteiger partial charge on any atom is -0.396 e. The van der Waals surface area contributed by atoms with Crippen molar-refractivity contribution in [2.24, 2.45) is 0 Å². The van der Waals surface area contributed by atoms with E-state index >= 15 is 0 Å². The molecule has 0 amide bonds. The fraction of sp³-hybridized carbons (Fsp3) is 0.667. The van der Waals surface area contributed by atoms with E-state index in [9.17, 15) is 0 Å². The van der Waals surface area contributed by atoms with Crippen LogP contribution in [-0.2, 0) is 19.4 Å². The molecule has 0 unspecified atom stereocenters. The zero-order valence-electron chi connectivity index (χ0n) is 11.1. The molecule has 2 aromatic heterocycles. The molecule has 0 aliphatic carbocycles. The fourth-order valence-corrected chi connectivity index (χ4v) is 1.72. The van der Waals surface area contributed by atoms with Crippen molar-refractivity contribution in [1.29, 1.82) is 0 Å². The van der Waals surface area contributed by atoms with E-state index in [1.165, 1.54) is 0 Å². The molecule has 0 saturated heterocycles. The van der Waals surface area contributed by atoms with Crippen LogP contribution in [0, 0.1) is 0 Å². The molecule has 0 aromatic carbocycles. The van der Waals surface area contributed by atoms with Crippen molar-refractivity contribution < 1.29 is 9.63 Å². The second kappa shape index (κ2) is 6.98. The van der Waals surface area contributed by atoms with Gasteiger partial charge in [-0.25, -0.2) is 4.68 Å². The van der Waals surface area contributed by atoms with Gasteiger partial charge in [0.25, 0.3) is 0 Å². The van der Waals surface area contributed by atoms with E-state index < -0.39 is 0 Å². The van der Waals surface area contributed by atoms with Crippen LogP contribution in [0.2, 0.25) is 0 Å². The minimum atomic E-state index is 0.164.